The average molecular weight is 503 g/mol. The van der Waals surface area contributed by atoms with Crippen molar-refractivity contribution in [2.45, 2.75) is 18.4 Å². The number of carbonyl (C=O) groups excluding carboxylic acids is 1. The van der Waals surface area contributed by atoms with E-state index in [2.05, 4.69) is 0 Å². The van der Waals surface area contributed by atoms with Gasteiger partial charge in [-0.05, 0) is 48.9 Å². The van der Waals surface area contributed by atoms with Gasteiger partial charge in [0.05, 0.1) is 24.8 Å². The van der Waals surface area contributed by atoms with E-state index in [1.165, 1.54) is 37.3 Å². The van der Waals surface area contributed by atoms with Gasteiger partial charge in [-0.2, -0.15) is 0 Å². The molecular formula is C25H27ClN2O5S. The lowest BCUT2D eigenvalue weighted by atomic mass is 10.2. The number of sulfonamides is 1. The van der Waals surface area contributed by atoms with Gasteiger partial charge in [-0.1, -0.05) is 41.4 Å². The summed E-state index contributed by atoms with van der Waals surface area (Å²) in [6.07, 6.45) is 0. The Bertz CT molecular complexity index is 1250. The molecule has 0 bridgehead atoms. The topological polar surface area (TPSA) is 76.2 Å². The Morgan fingerprint density at radius 3 is 2.12 bits per heavy atom. The van der Waals surface area contributed by atoms with Gasteiger partial charge in [-0.15, -0.1) is 0 Å². The Morgan fingerprint density at radius 1 is 0.912 bits per heavy atom. The molecule has 0 saturated heterocycles. The molecule has 0 heterocycles. The zero-order valence-electron chi connectivity index (χ0n) is 19.5. The summed E-state index contributed by atoms with van der Waals surface area (Å²) >= 11 is 5.94. The largest absolute Gasteiger partial charge is 0.493 e. The molecule has 0 aromatic heterocycles. The number of benzene rings is 3. The zero-order valence-corrected chi connectivity index (χ0v) is 21.1. The van der Waals surface area contributed by atoms with Crippen molar-refractivity contribution in [1.82, 2.24) is 4.90 Å². The second-order valence-electron chi connectivity index (χ2n) is 7.74. The van der Waals surface area contributed by atoms with E-state index in [4.69, 9.17) is 21.1 Å². The molecule has 0 fully saturated rings. The van der Waals surface area contributed by atoms with Crippen molar-refractivity contribution in [3.8, 4) is 11.5 Å². The number of carbonyl (C=O) groups is 1. The smallest absolute Gasteiger partial charge is 0.264 e. The molecule has 0 aliphatic rings. The van der Waals surface area contributed by atoms with Crippen LogP contribution in [0, 0.1) is 6.92 Å². The maximum absolute atomic E-state index is 13.6. The minimum absolute atomic E-state index is 0.0843. The van der Waals surface area contributed by atoms with Gasteiger partial charge in [0.25, 0.3) is 10.0 Å². The van der Waals surface area contributed by atoms with Gasteiger partial charge in [0.1, 0.15) is 6.54 Å². The van der Waals surface area contributed by atoms with Crippen LogP contribution in [-0.2, 0) is 21.4 Å². The summed E-state index contributed by atoms with van der Waals surface area (Å²) in [5.74, 6) is 0.427. The van der Waals surface area contributed by atoms with Gasteiger partial charge in [0.15, 0.2) is 11.5 Å². The summed E-state index contributed by atoms with van der Waals surface area (Å²) < 4.78 is 38.9. The first-order valence-corrected chi connectivity index (χ1v) is 12.3. The van der Waals surface area contributed by atoms with Crippen LogP contribution in [0.15, 0.2) is 71.6 Å². The minimum Gasteiger partial charge on any atom is -0.493 e. The highest BCUT2D eigenvalue weighted by atomic mass is 35.5. The van der Waals surface area contributed by atoms with E-state index in [9.17, 15) is 13.2 Å². The molecule has 180 valence electrons. The molecule has 0 aliphatic carbocycles. The molecular weight excluding hydrogens is 476 g/mol. The Kier molecular flexibility index (Phi) is 8.06. The van der Waals surface area contributed by atoms with E-state index in [0.29, 0.717) is 23.1 Å². The second-order valence-corrected chi connectivity index (χ2v) is 10.0. The van der Waals surface area contributed by atoms with Crippen LogP contribution >= 0.6 is 11.6 Å². The molecule has 3 aromatic carbocycles. The van der Waals surface area contributed by atoms with Gasteiger partial charge < -0.3 is 14.4 Å². The van der Waals surface area contributed by atoms with Crippen molar-refractivity contribution in [3.05, 3.63) is 82.9 Å². The number of likely N-dealkylation sites (N-methyl/N-ethyl adjacent to an activating group) is 1. The highest BCUT2D eigenvalue weighted by Crippen LogP contribution is 2.34. The molecule has 0 aliphatic heterocycles. The molecule has 3 rings (SSSR count). The number of aryl methyl sites for hydroxylation is 1. The summed E-state index contributed by atoms with van der Waals surface area (Å²) in [6.45, 7) is 1.79. The Morgan fingerprint density at radius 2 is 1.53 bits per heavy atom. The molecule has 34 heavy (non-hydrogen) atoms. The summed E-state index contributed by atoms with van der Waals surface area (Å²) in [4.78, 5) is 14.7. The average Bonchev–Trinajstić information content (AvgIpc) is 2.83. The highest BCUT2D eigenvalue weighted by Gasteiger charge is 2.29. The highest BCUT2D eigenvalue weighted by molar-refractivity contribution is 7.92. The van der Waals surface area contributed by atoms with Crippen LogP contribution in [0.4, 0.5) is 5.69 Å². The Hall–Kier alpha value is -3.23. The first kappa shape index (κ1) is 25.4. The van der Waals surface area contributed by atoms with Crippen LogP contribution in [0.5, 0.6) is 11.5 Å². The second kappa shape index (κ2) is 10.8. The summed E-state index contributed by atoms with van der Waals surface area (Å²) in [5.41, 5.74) is 2.08. The van der Waals surface area contributed by atoms with Crippen molar-refractivity contribution in [2.75, 3.05) is 32.1 Å². The first-order chi connectivity index (χ1) is 16.1. The van der Waals surface area contributed by atoms with Crippen LogP contribution in [-0.4, -0.2) is 47.0 Å². The van der Waals surface area contributed by atoms with Gasteiger partial charge >= 0.3 is 0 Å². The van der Waals surface area contributed by atoms with E-state index in [1.807, 2.05) is 19.1 Å². The fourth-order valence-electron chi connectivity index (χ4n) is 3.33. The zero-order chi connectivity index (χ0) is 24.9. The Labute approximate surface area is 205 Å². The van der Waals surface area contributed by atoms with E-state index in [-0.39, 0.29) is 16.5 Å². The van der Waals surface area contributed by atoms with Crippen LogP contribution in [0.25, 0.3) is 0 Å². The number of nitrogens with zero attached hydrogens (tertiary/aromatic N) is 2. The lowest BCUT2D eigenvalue weighted by Crippen LogP contribution is -2.41. The van der Waals surface area contributed by atoms with Crippen LogP contribution in [0.3, 0.4) is 0 Å². The molecule has 0 atom stereocenters. The number of methoxy groups -OCH3 is 2. The lowest BCUT2D eigenvalue weighted by molar-refractivity contribution is -0.128. The monoisotopic (exact) mass is 502 g/mol. The third-order valence-electron chi connectivity index (χ3n) is 5.30. The number of amides is 1. The maximum Gasteiger partial charge on any atom is 0.264 e. The van der Waals surface area contributed by atoms with Crippen molar-refractivity contribution < 1.29 is 22.7 Å². The number of rotatable bonds is 9. The van der Waals surface area contributed by atoms with Gasteiger partial charge in [-0.25, -0.2) is 8.42 Å². The van der Waals surface area contributed by atoms with Crippen LogP contribution in [0.2, 0.25) is 5.02 Å². The standard InChI is InChI=1S/C25H27ClN2O5S/c1-18-5-12-22(13-6-18)34(30,31)28(21-11-14-23(32-3)24(15-21)33-4)17-25(29)27(2)16-19-7-9-20(26)10-8-19/h5-15H,16-17H2,1-4H3. The number of hydrogen-bond donors (Lipinski definition) is 0. The van der Waals surface area contributed by atoms with E-state index in [0.717, 1.165) is 15.4 Å². The van der Waals surface area contributed by atoms with Gasteiger partial charge in [0.2, 0.25) is 5.91 Å². The predicted molar refractivity (Wildman–Crippen MR) is 133 cm³/mol. The molecule has 1 amide bonds. The molecule has 0 radical (unpaired) electrons. The Balaban J connectivity index is 1.96. The third kappa shape index (κ3) is 5.81. The molecule has 9 heteroatoms. The van der Waals surface area contributed by atoms with Crippen LogP contribution < -0.4 is 13.8 Å². The van der Waals surface area contributed by atoms with Crippen LogP contribution in [0.1, 0.15) is 11.1 Å². The van der Waals surface area contributed by atoms with Crippen molar-refractivity contribution in [3.63, 3.8) is 0 Å². The molecule has 0 unspecified atom stereocenters. The summed E-state index contributed by atoms with van der Waals surface area (Å²) in [7, 11) is 0.534. The maximum atomic E-state index is 13.6. The lowest BCUT2D eigenvalue weighted by Gasteiger charge is -2.27. The molecule has 0 spiro atoms. The number of halogens is 1. The van der Waals surface area contributed by atoms with Crippen molar-refractivity contribution in [1.29, 1.82) is 0 Å². The first-order valence-electron chi connectivity index (χ1n) is 10.5. The van der Waals surface area contributed by atoms with Gasteiger partial charge in [0, 0.05) is 24.7 Å². The van der Waals surface area contributed by atoms with E-state index >= 15 is 0 Å². The van der Waals surface area contributed by atoms with E-state index < -0.39 is 16.6 Å². The van der Waals surface area contributed by atoms with E-state index in [1.54, 1.807) is 43.4 Å². The quantitative estimate of drug-likeness (QED) is 0.430. The molecule has 7 nitrogen and oxygen atoms in total. The molecule has 0 N–H and O–H groups in total. The number of hydrogen-bond acceptors (Lipinski definition) is 5. The predicted octanol–water partition coefficient (Wildman–Crippen LogP) is 4.52. The normalized spacial score (nSPS) is 11.1. The minimum atomic E-state index is -4.05. The fraction of sp³-hybridized carbons (Fsp3) is 0.240. The number of anilines is 1. The SMILES string of the molecule is COc1ccc(N(CC(=O)N(C)Cc2ccc(Cl)cc2)S(=O)(=O)c2ccc(C)cc2)cc1OC. The van der Waals surface area contributed by atoms with Crippen molar-refractivity contribution >= 4 is 33.2 Å². The summed E-state index contributed by atoms with van der Waals surface area (Å²) in [6, 6.07) is 18.3. The molecule has 0 saturated carbocycles. The third-order valence-corrected chi connectivity index (χ3v) is 7.34. The van der Waals surface area contributed by atoms with Crippen molar-refractivity contribution in [2.24, 2.45) is 0 Å². The van der Waals surface area contributed by atoms with Gasteiger partial charge in [-0.3, -0.25) is 9.10 Å². The summed E-state index contributed by atoms with van der Waals surface area (Å²) in [5, 5.41) is 0.599. The number of ether oxygens (including phenoxy) is 2. The fourth-order valence-corrected chi connectivity index (χ4v) is 4.86. The molecule has 3 aromatic rings.